The van der Waals surface area contributed by atoms with Crippen LogP contribution in [0.3, 0.4) is 0 Å². The van der Waals surface area contributed by atoms with E-state index in [2.05, 4.69) is 5.32 Å². The van der Waals surface area contributed by atoms with Crippen molar-refractivity contribution in [3.63, 3.8) is 0 Å². The first kappa shape index (κ1) is 21.5. The van der Waals surface area contributed by atoms with Crippen molar-refractivity contribution in [1.29, 1.82) is 0 Å². The lowest BCUT2D eigenvalue weighted by molar-refractivity contribution is -0.120. The van der Waals surface area contributed by atoms with Gasteiger partial charge in [-0.1, -0.05) is 41.9 Å². The van der Waals surface area contributed by atoms with Crippen molar-refractivity contribution in [3.05, 3.63) is 94.3 Å². The van der Waals surface area contributed by atoms with E-state index in [1.807, 2.05) is 24.3 Å². The van der Waals surface area contributed by atoms with E-state index in [-0.39, 0.29) is 17.9 Å². The second kappa shape index (κ2) is 8.42. The lowest BCUT2D eigenvalue weighted by Gasteiger charge is -2.35. The minimum absolute atomic E-state index is 0.0441. The van der Waals surface area contributed by atoms with E-state index in [9.17, 15) is 17.6 Å². The van der Waals surface area contributed by atoms with Gasteiger partial charge in [0.2, 0.25) is 15.9 Å². The Morgan fingerprint density at radius 3 is 2.42 bits per heavy atom. The summed E-state index contributed by atoms with van der Waals surface area (Å²) in [6.07, 6.45) is 0.224. The SMILES string of the molecule is Cc1c(Cl)cccc1NC(=O)C1Cc2ccccc2CN1S(=O)(=O)c1ccc(F)cc1. The Balaban J connectivity index is 1.73. The number of rotatable bonds is 4. The number of carbonyl (C=O) groups is 1. The summed E-state index contributed by atoms with van der Waals surface area (Å²) in [5.74, 6) is -0.987. The van der Waals surface area contributed by atoms with Gasteiger partial charge < -0.3 is 5.32 Å². The van der Waals surface area contributed by atoms with Crippen LogP contribution < -0.4 is 5.32 Å². The van der Waals surface area contributed by atoms with E-state index in [1.165, 1.54) is 16.4 Å². The molecule has 0 aliphatic carbocycles. The molecule has 0 fully saturated rings. The van der Waals surface area contributed by atoms with Crippen LogP contribution in [0.2, 0.25) is 5.02 Å². The summed E-state index contributed by atoms with van der Waals surface area (Å²) in [6.45, 7) is 1.82. The quantitative estimate of drug-likeness (QED) is 0.624. The Morgan fingerprint density at radius 1 is 1.03 bits per heavy atom. The molecule has 1 atom stereocenters. The standard InChI is InChI=1S/C23H20ClFN2O3S/c1-15-20(24)7-4-8-21(15)26-23(28)22-13-16-5-2-3-6-17(16)14-27(22)31(29,30)19-11-9-18(25)10-12-19/h2-12,22H,13-14H2,1H3,(H,26,28). The molecule has 1 amide bonds. The molecule has 1 aliphatic rings. The van der Waals surface area contributed by atoms with Crippen molar-refractivity contribution in [3.8, 4) is 0 Å². The summed E-state index contributed by atoms with van der Waals surface area (Å²) in [7, 11) is -4.05. The number of nitrogens with one attached hydrogen (secondary N) is 1. The van der Waals surface area contributed by atoms with Crippen molar-refractivity contribution >= 4 is 33.2 Å². The number of carbonyl (C=O) groups excluding carboxylic acids is 1. The average Bonchev–Trinajstić information content (AvgIpc) is 2.76. The van der Waals surface area contributed by atoms with Crippen LogP contribution in [0.15, 0.2) is 71.6 Å². The number of nitrogens with zero attached hydrogens (tertiary/aromatic N) is 1. The largest absolute Gasteiger partial charge is 0.324 e. The summed E-state index contributed by atoms with van der Waals surface area (Å²) >= 11 is 6.16. The molecule has 1 unspecified atom stereocenters. The van der Waals surface area contributed by atoms with Gasteiger partial charge >= 0.3 is 0 Å². The first-order valence-corrected chi connectivity index (χ1v) is 11.5. The van der Waals surface area contributed by atoms with Gasteiger partial charge in [-0.2, -0.15) is 4.31 Å². The van der Waals surface area contributed by atoms with Gasteiger partial charge in [0, 0.05) is 17.3 Å². The molecule has 1 heterocycles. The number of amides is 1. The molecular formula is C23H20ClFN2O3S. The van der Waals surface area contributed by atoms with E-state index in [1.54, 1.807) is 25.1 Å². The summed E-state index contributed by atoms with van der Waals surface area (Å²) in [6, 6.07) is 16.2. The Morgan fingerprint density at radius 2 is 1.71 bits per heavy atom. The number of halogens is 2. The summed E-state index contributed by atoms with van der Waals surface area (Å²) < 4.78 is 41.3. The number of hydrogen-bond acceptors (Lipinski definition) is 3. The molecule has 8 heteroatoms. The van der Waals surface area contributed by atoms with Crippen LogP contribution in [0.25, 0.3) is 0 Å². The molecule has 1 N–H and O–H groups in total. The van der Waals surface area contributed by atoms with Crippen LogP contribution in [0.4, 0.5) is 10.1 Å². The van der Waals surface area contributed by atoms with Gasteiger partial charge in [0.15, 0.2) is 0 Å². The van der Waals surface area contributed by atoms with Crippen LogP contribution in [0, 0.1) is 12.7 Å². The monoisotopic (exact) mass is 458 g/mol. The first-order valence-electron chi connectivity index (χ1n) is 9.67. The second-order valence-electron chi connectivity index (χ2n) is 7.39. The molecule has 5 nitrogen and oxygen atoms in total. The fourth-order valence-corrected chi connectivity index (χ4v) is 5.42. The summed E-state index contributed by atoms with van der Waals surface area (Å²) in [5, 5.41) is 3.33. The number of benzene rings is 3. The number of fused-ring (bicyclic) bond motifs is 1. The topological polar surface area (TPSA) is 66.5 Å². The fourth-order valence-electron chi connectivity index (χ4n) is 3.68. The van der Waals surface area contributed by atoms with E-state index in [0.717, 1.165) is 23.3 Å². The molecule has 0 spiro atoms. The highest BCUT2D eigenvalue weighted by Crippen LogP contribution is 2.31. The highest BCUT2D eigenvalue weighted by Gasteiger charge is 2.39. The van der Waals surface area contributed by atoms with Crippen molar-refractivity contribution in [2.24, 2.45) is 0 Å². The molecule has 31 heavy (non-hydrogen) atoms. The van der Waals surface area contributed by atoms with Gasteiger partial charge in [0.25, 0.3) is 0 Å². The molecule has 1 aliphatic heterocycles. The maximum absolute atomic E-state index is 13.4. The number of hydrogen-bond donors (Lipinski definition) is 1. The lowest BCUT2D eigenvalue weighted by atomic mass is 9.95. The Labute approximate surface area is 185 Å². The Kier molecular flexibility index (Phi) is 5.83. The molecule has 3 aromatic carbocycles. The zero-order valence-corrected chi connectivity index (χ0v) is 18.3. The van der Waals surface area contributed by atoms with Crippen molar-refractivity contribution in [2.75, 3.05) is 5.32 Å². The third kappa shape index (κ3) is 4.21. The average molecular weight is 459 g/mol. The van der Waals surface area contributed by atoms with Crippen LogP contribution in [0.1, 0.15) is 16.7 Å². The first-order chi connectivity index (χ1) is 14.8. The third-order valence-electron chi connectivity index (χ3n) is 5.45. The van der Waals surface area contributed by atoms with Gasteiger partial charge in [-0.05, 0) is 66.4 Å². The van der Waals surface area contributed by atoms with E-state index >= 15 is 0 Å². The van der Waals surface area contributed by atoms with Crippen LogP contribution in [-0.2, 0) is 27.8 Å². The summed E-state index contributed by atoms with van der Waals surface area (Å²) in [4.78, 5) is 13.2. The molecule has 0 saturated carbocycles. The molecule has 4 rings (SSSR count). The minimum atomic E-state index is -4.05. The highest BCUT2D eigenvalue weighted by molar-refractivity contribution is 7.89. The van der Waals surface area contributed by atoms with E-state index in [4.69, 9.17) is 11.6 Å². The van der Waals surface area contributed by atoms with Gasteiger partial charge in [-0.15, -0.1) is 0 Å². The van der Waals surface area contributed by atoms with E-state index < -0.39 is 27.8 Å². The lowest BCUT2D eigenvalue weighted by Crippen LogP contribution is -2.50. The van der Waals surface area contributed by atoms with Crippen LogP contribution in [-0.4, -0.2) is 24.7 Å². The number of sulfonamides is 1. The van der Waals surface area contributed by atoms with Gasteiger partial charge in [-0.3, -0.25) is 4.79 Å². The van der Waals surface area contributed by atoms with Crippen molar-refractivity contribution < 1.29 is 17.6 Å². The normalized spacial score (nSPS) is 16.5. The smallest absolute Gasteiger partial charge is 0.244 e. The maximum atomic E-state index is 13.4. The predicted molar refractivity (Wildman–Crippen MR) is 118 cm³/mol. The Bertz CT molecular complexity index is 1250. The zero-order valence-electron chi connectivity index (χ0n) is 16.7. The van der Waals surface area contributed by atoms with Gasteiger partial charge in [0.05, 0.1) is 4.90 Å². The van der Waals surface area contributed by atoms with Crippen molar-refractivity contribution in [1.82, 2.24) is 4.31 Å². The molecule has 0 saturated heterocycles. The Hall–Kier alpha value is -2.74. The molecular weight excluding hydrogens is 439 g/mol. The molecule has 0 bridgehead atoms. The van der Waals surface area contributed by atoms with Crippen molar-refractivity contribution in [2.45, 2.75) is 30.8 Å². The number of anilines is 1. The van der Waals surface area contributed by atoms with Crippen LogP contribution in [0.5, 0.6) is 0 Å². The molecule has 0 radical (unpaired) electrons. The highest BCUT2D eigenvalue weighted by atomic mass is 35.5. The minimum Gasteiger partial charge on any atom is -0.324 e. The third-order valence-corrected chi connectivity index (χ3v) is 7.73. The zero-order chi connectivity index (χ0) is 22.2. The maximum Gasteiger partial charge on any atom is 0.244 e. The fraction of sp³-hybridized carbons (Fsp3) is 0.174. The molecule has 3 aromatic rings. The molecule has 160 valence electrons. The van der Waals surface area contributed by atoms with Gasteiger partial charge in [-0.25, -0.2) is 12.8 Å². The second-order valence-corrected chi connectivity index (χ2v) is 9.69. The van der Waals surface area contributed by atoms with Crippen LogP contribution >= 0.6 is 11.6 Å². The molecule has 0 aromatic heterocycles. The van der Waals surface area contributed by atoms with E-state index in [0.29, 0.717) is 16.3 Å². The summed E-state index contributed by atoms with van der Waals surface area (Å²) in [5.41, 5.74) is 2.96. The predicted octanol–water partition coefficient (Wildman–Crippen LogP) is 4.54. The van der Waals surface area contributed by atoms with Gasteiger partial charge in [0.1, 0.15) is 11.9 Å².